The second kappa shape index (κ2) is 3.73. The molecule has 12 heavy (non-hydrogen) atoms. The van der Waals surface area contributed by atoms with Crippen LogP contribution in [0.2, 0.25) is 0 Å². The first-order valence-electron chi connectivity index (χ1n) is 4.50. The molecule has 1 aliphatic rings. The lowest BCUT2D eigenvalue weighted by Gasteiger charge is -2.22. The van der Waals surface area contributed by atoms with Crippen molar-refractivity contribution in [3.8, 4) is 6.07 Å². The molecule has 0 aromatic rings. The molecule has 1 fully saturated rings. The molecule has 0 spiro atoms. The standard InChI is InChI=1S/C10H16N2/c1-3-4-7-10(2,8-11)12-9-5-6-9/h3,9,12H,1,4-7H2,2H3. The number of nitriles is 1. The van der Waals surface area contributed by atoms with Gasteiger partial charge < -0.3 is 0 Å². The van der Waals surface area contributed by atoms with Gasteiger partial charge in [-0.3, -0.25) is 5.32 Å². The van der Waals surface area contributed by atoms with Crippen LogP contribution in [0, 0.1) is 11.3 Å². The maximum atomic E-state index is 8.94. The van der Waals surface area contributed by atoms with Crippen molar-refractivity contribution in [1.82, 2.24) is 5.32 Å². The summed E-state index contributed by atoms with van der Waals surface area (Å²) >= 11 is 0. The van der Waals surface area contributed by atoms with Gasteiger partial charge in [-0.05, 0) is 32.6 Å². The van der Waals surface area contributed by atoms with Gasteiger partial charge in [-0.25, -0.2) is 0 Å². The van der Waals surface area contributed by atoms with Crippen LogP contribution in [0.4, 0.5) is 0 Å². The van der Waals surface area contributed by atoms with Gasteiger partial charge in [0.2, 0.25) is 0 Å². The molecule has 0 bridgehead atoms. The Balaban J connectivity index is 2.37. The lowest BCUT2D eigenvalue weighted by atomic mass is 9.97. The molecular formula is C10H16N2. The Labute approximate surface area is 74.3 Å². The summed E-state index contributed by atoms with van der Waals surface area (Å²) in [5, 5.41) is 12.3. The number of allylic oxidation sites excluding steroid dienone is 1. The lowest BCUT2D eigenvalue weighted by molar-refractivity contribution is 0.417. The highest BCUT2D eigenvalue weighted by atomic mass is 15.0. The van der Waals surface area contributed by atoms with Crippen LogP contribution in [-0.4, -0.2) is 11.6 Å². The van der Waals surface area contributed by atoms with E-state index in [1.54, 1.807) is 0 Å². The third-order valence-corrected chi connectivity index (χ3v) is 2.20. The molecule has 2 nitrogen and oxygen atoms in total. The van der Waals surface area contributed by atoms with Crippen LogP contribution in [0.1, 0.15) is 32.6 Å². The van der Waals surface area contributed by atoms with Crippen LogP contribution >= 0.6 is 0 Å². The van der Waals surface area contributed by atoms with E-state index < -0.39 is 0 Å². The Morgan fingerprint density at radius 3 is 2.83 bits per heavy atom. The average molecular weight is 164 g/mol. The van der Waals surface area contributed by atoms with Gasteiger partial charge in [0.15, 0.2) is 0 Å². The van der Waals surface area contributed by atoms with Gasteiger partial charge in [0.1, 0.15) is 5.54 Å². The van der Waals surface area contributed by atoms with Crippen LogP contribution in [0.15, 0.2) is 12.7 Å². The number of nitrogens with one attached hydrogen (secondary N) is 1. The first-order chi connectivity index (χ1) is 5.70. The quantitative estimate of drug-likeness (QED) is 0.631. The highest BCUT2D eigenvalue weighted by molar-refractivity contribution is 5.07. The monoisotopic (exact) mass is 164 g/mol. The molecule has 2 heteroatoms. The van der Waals surface area contributed by atoms with E-state index in [9.17, 15) is 0 Å². The predicted molar refractivity (Wildman–Crippen MR) is 49.6 cm³/mol. The minimum absolute atomic E-state index is 0.338. The van der Waals surface area contributed by atoms with E-state index in [1.807, 2.05) is 13.0 Å². The largest absolute Gasteiger partial charge is 0.297 e. The topological polar surface area (TPSA) is 35.8 Å². The first kappa shape index (κ1) is 9.28. The zero-order valence-corrected chi connectivity index (χ0v) is 7.64. The van der Waals surface area contributed by atoms with Crippen molar-refractivity contribution in [3.05, 3.63) is 12.7 Å². The fourth-order valence-electron chi connectivity index (χ4n) is 1.23. The molecule has 0 aliphatic heterocycles. The summed E-state index contributed by atoms with van der Waals surface area (Å²) in [5.74, 6) is 0. The summed E-state index contributed by atoms with van der Waals surface area (Å²) in [6.07, 6.45) is 6.09. The minimum Gasteiger partial charge on any atom is -0.297 e. The number of rotatable bonds is 5. The molecule has 1 N–H and O–H groups in total. The summed E-state index contributed by atoms with van der Waals surface area (Å²) in [7, 11) is 0. The highest BCUT2D eigenvalue weighted by Gasteiger charge is 2.31. The minimum atomic E-state index is -0.338. The summed E-state index contributed by atoms with van der Waals surface area (Å²) < 4.78 is 0. The highest BCUT2D eigenvalue weighted by Crippen LogP contribution is 2.24. The van der Waals surface area contributed by atoms with Gasteiger partial charge >= 0.3 is 0 Å². The van der Waals surface area contributed by atoms with Crippen molar-refractivity contribution in [2.45, 2.75) is 44.2 Å². The smallest absolute Gasteiger partial charge is 0.104 e. The van der Waals surface area contributed by atoms with E-state index in [0.717, 1.165) is 12.8 Å². The predicted octanol–water partition coefficient (Wildman–Crippen LogP) is 1.99. The SMILES string of the molecule is C=CCCC(C)(C#N)NC1CC1. The molecule has 1 aliphatic carbocycles. The fourth-order valence-corrected chi connectivity index (χ4v) is 1.23. The second-order valence-electron chi connectivity index (χ2n) is 3.69. The van der Waals surface area contributed by atoms with Gasteiger partial charge in [0, 0.05) is 6.04 Å². The zero-order valence-electron chi connectivity index (χ0n) is 7.64. The summed E-state index contributed by atoms with van der Waals surface area (Å²) in [6, 6.07) is 2.92. The van der Waals surface area contributed by atoms with E-state index in [4.69, 9.17) is 5.26 Å². The Kier molecular flexibility index (Phi) is 2.88. The van der Waals surface area contributed by atoms with Crippen molar-refractivity contribution in [1.29, 1.82) is 5.26 Å². The third-order valence-electron chi connectivity index (χ3n) is 2.20. The number of hydrogen-bond acceptors (Lipinski definition) is 2. The van der Waals surface area contributed by atoms with Crippen LogP contribution < -0.4 is 5.32 Å². The molecule has 1 unspecified atom stereocenters. The van der Waals surface area contributed by atoms with Gasteiger partial charge in [-0.1, -0.05) is 6.08 Å². The molecule has 0 saturated heterocycles. The molecule has 0 aromatic carbocycles. The van der Waals surface area contributed by atoms with Crippen molar-refractivity contribution >= 4 is 0 Å². The van der Waals surface area contributed by atoms with Gasteiger partial charge in [0.25, 0.3) is 0 Å². The van der Waals surface area contributed by atoms with Crippen molar-refractivity contribution in [2.75, 3.05) is 0 Å². The average Bonchev–Trinajstić information content (AvgIpc) is 2.85. The second-order valence-corrected chi connectivity index (χ2v) is 3.69. The van der Waals surface area contributed by atoms with Crippen molar-refractivity contribution < 1.29 is 0 Å². The zero-order chi connectivity index (χ0) is 9.03. The van der Waals surface area contributed by atoms with E-state index >= 15 is 0 Å². The van der Waals surface area contributed by atoms with E-state index in [2.05, 4.69) is 18.0 Å². The molecule has 0 aromatic heterocycles. The van der Waals surface area contributed by atoms with E-state index in [1.165, 1.54) is 12.8 Å². The first-order valence-corrected chi connectivity index (χ1v) is 4.50. The van der Waals surface area contributed by atoms with E-state index in [0.29, 0.717) is 6.04 Å². The van der Waals surface area contributed by atoms with E-state index in [-0.39, 0.29) is 5.54 Å². The van der Waals surface area contributed by atoms with Crippen LogP contribution in [0.5, 0.6) is 0 Å². The Hall–Kier alpha value is -0.810. The summed E-state index contributed by atoms with van der Waals surface area (Å²) in [6.45, 7) is 5.62. The van der Waals surface area contributed by atoms with Gasteiger partial charge in [-0.15, -0.1) is 6.58 Å². The maximum Gasteiger partial charge on any atom is 0.104 e. The third kappa shape index (κ3) is 2.67. The van der Waals surface area contributed by atoms with Gasteiger partial charge in [-0.2, -0.15) is 5.26 Å². The van der Waals surface area contributed by atoms with Crippen molar-refractivity contribution in [3.63, 3.8) is 0 Å². The molecule has 66 valence electrons. The Morgan fingerprint density at radius 1 is 1.75 bits per heavy atom. The summed E-state index contributed by atoms with van der Waals surface area (Å²) in [5.41, 5.74) is -0.338. The molecule has 1 atom stereocenters. The summed E-state index contributed by atoms with van der Waals surface area (Å²) in [4.78, 5) is 0. The molecule has 0 heterocycles. The molecule has 0 radical (unpaired) electrons. The number of nitrogens with zero attached hydrogens (tertiary/aromatic N) is 1. The Morgan fingerprint density at radius 2 is 2.42 bits per heavy atom. The molecular weight excluding hydrogens is 148 g/mol. The van der Waals surface area contributed by atoms with Crippen LogP contribution in [-0.2, 0) is 0 Å². The molecule has 0 amide bonds. The molecule has 1 saturated carbocycles. The van der Waals surface area contributed by atoms with Crippen LogP contribution in [0.3, 0.4) is 0 Å². The molecule has 1 rings (SSSR count). The Bertz CT molecular complexity index is 200. The fraction of sp³-hybridized carbons (Fsp3) is 0.700. The maximum absolute atomic E-state index is 8.94. The normalized spacial score (nSPS) is 21.0. The van der Waals surface area contributed by atoms with Crippen molar-refractivity contribution in [2.24, 2.45) is 0 Å². The number of hydrogen-bond donors (Lipinski definition) is 1. The van der Waals surface area contributed by atoms with Crippen LogP contribution in [0.25, 0.3) is 0 Å². The van der Waals surface area contributed by atoms with Gasteiger partial charge in [0.05, 0.1) is 6.07 Å². The lowest BCUT2D eigenvalue weighted by Crippen LogP contribution is -2.42.